The third kappa shape index (κ3) is 3.16. The van der Waals surface area contributed by atoms with Gasteiger partial charge >= 0.3 is 0 Å². The Labute approximate surface area is 113 Å². The highest BCUT2D eigenvalue weighted by atomic mass is 32.2. The lowest BCUT2D eigenvalue weighted by atomic mass is 9.98. The molecule has 1 atom stereocenters. The molecule has 0 N–H and O–H groups in total. The van der Waals surface area contributed by atoms with Gasteiger partial charge in [0.15, 0.2) is 0 Å². The molecule has 5 nitrogen and oxygen atoms in total. The SMILES string of the molecule is CN(C)C(=O)C1CCCN(SN2CC(C#N)C2)C1. The van der Waals surface area contributed by atoms with Crippen LogP contribution in [0.4, 0.5) is 0 Å². The molecule has 0 aromatic carbocycles. The number of hydrogen-bond donors (Lipinski definition) is 0. The van der Waals surface area contributed by atoms with Crippen LogP contribution in [0.1, 0.15) is 12.8 Å². The number of carbonyl (C=O) groups excluding carboxylic acids is 1. The van der Waals surface area contributed by atoms with E-state index in [0.29, 0.717) is 0 Å². The van der Waals surface area contributed by atoms with E-state index < -0.39 is 0 Å². The van der Waals surface area contributed by atoms with Crippen molar-refractivity contribution in [1.29, 1.82) is 5.26 Å². The van der Waals surface area contributed by atoms with Gasteiger partial charge < -0.3 is 4.90 Å². The van der Waals surface area contributed by atoms with Crippen LogP contribution in [-0.4, -0.2) is 59.7 Å². The zero-order valence-electron chi connectivity index (χ0n) is 11.0. The maximum Gasteiger partial charge on any atom is 0.226 e. The number of piperidine rings is 1. The third-order valence-corrected chi connectivity index (χ3v) is 4.53. The molecule has 2 aliphatic heterocycles. The quantitative estimate of drug-likeness (QED) is 0.709. The smallest absolute Gasteiger partial charge is 0.226 e. The molecule has 0 radical (unpaired) electrons. The largest absolute Gasteiger partial charge is 0.349 e. The summed E-state index contributed by atoms with van der Waals surface area (Å²) < 4.78 is 4.47. The fourth-order valence-corrected chi connectivity index (χ4v) is 3.61. The second kappa shape index (κ2) is 5.91. The van der Waals surface area contributed by atoms with Gasteiger partial charge in [0.25, 0.3) is 0 Å². The summed E-state index contributed by atoms with van der Waals surface area (Å²) in [6.45, 7) is 3.57. The first-order chi connectivity index (χ1) is 8.60. The fraction of sp³-hybridized carbons (Fsp3) is 0.833. The molecule has 2 saturated heterocycles. The maximum atomic E-state index is 11.9. The summed E-state index contributed by atoms with van der Waals surface area (Å²) in [5, 5.41) is 8.74. The highest BCUT2D eigenvalue weighted by molar-refractivity contribution is 7.94. The second-order valence-corrected chi connectivity index (χ2v) is 6.41. The van der Waals surface area contributed by atoms with E-state index in [1.165, 1.54) is 0 Å². The molecule has 0 aromatic heterocycles. The molecule has 18 heavy (non-hydrogen) atoms. The van der Waals surface area contributed by atoms with Gasteiger partial charge in [-0.05, 0) is 12.8 Å². The minimum absolute atomic E-state index is 0.134. The average Bonchev–Trinajstić information content (AvgIpc) is 2.32. The summed E-state index contributed by atoms with van der Waals surface area (Å²) in [5.74, 6) is 0.564. The van der Waals surface area contributed by atoms with E-state index in [1.807, 2.05) is 14.1 Å². The van der Waals surface area contributed by atoms with Crippen molar-refractivity contribution in [2.75, 3.05) is 40.3 Å². The highest BCUT2D eigenvalue weighted by Gasteiger charge is 2.32. The first-order valence-corrected chi connectivity index (χ1v) is 7.12. The van der Waals surface area contributed by atoms with E-state index in [9.17, 15) is 4.79 Å². The second-order valence-electron chi connectivity index (χ2n) is 5.21. The molecule has 0 bridgehead atoms. The molecule has 100 valence electrons. The number of nitriles is 1. The van der Waals surface area contributed by atoms with Crippen molar-refractivity contribution in [2.45, 2.75) is 12.8 Å². The van der Waals surface area contributed by atoms with Crippen LogP contribution >= 0.6 is 12.1 Å². The van der Waals surface area contributed by atoms with E-state index in [1.54, 1.807) is 17.0 Å². The van der Waals surface area contributed by atoms with Crippen LogP contribution in [0.25, 0.3) is 0 Å². The Bertz CT molecular complexity index is 348. The molecule has 1 amide bonds. The van der Waals surface area contributed by atoms with E-state index in [2.05, 4.69) is 14.7 Å². The van der Waals surface area contributed by atoms with Crippen LogP contribution in [0.5, 0.6) is 0 Å². The van der Waals surface area contributed by atoms with Crippen LogP contribution in [0.2, 0.25) is 0 Å². The number of hydrogen-bond acceptors (Lipinski definition) is 5. The van der Waals surface area contributed by atoms with E-state index in [4.69, 9.17) is 5.26 Å². The molecule has 2 fully saturated rings. The first-order valence-electron chi connectivity index (χ1n) is 6.39. The number of rotatable bonds is 3. The number of amides is 1. The monoisotopic (exact) mass is 268 g/mol. The summed E-state index contributed by atoms with van der Waals surface area (Å²) in [6.07, 6.45) is 2.07. The lowest BCUT2D eigenvalue weighted by Crippen LogP contribution is -2.46. The molecule has 1 unspecified atom stereocenters. The summed E-state index contributed by atoms with van der Waals surface area (Å²) in [6, 6.07) is 2.28. The summed E-state index contributed by atoms with van der Waals surface area (Å²) in [7, 11) is 3.64. The van der Waals surface area contributed by atoms with Gasteiger partial charge in [-0.15, -0.1) is 0 Å². The molecular formula is C12H20N4OS. The molecule has 2 rings (SSSR count). The molecule has 0 saturated carbocycles. The lowest BCUT2D eigenvalue weighted by molar-refractivity contribution is -0.134. The Hall–Kier alpha value is -0.770. The van der Waals surface area contributed by atoms with Crippen LogP contribution < -0.4 is 0 Å². The van der Waals surface area contributed by atoms with Crippen molar-refractivity contribution < 1.29 is 4.79 Å². The molecule has 0 spiro atoms. The molecular weight excluding hydrogens is 248 g/mol. The van der Waals surface area contributed by atoms with Crippen molar-refractivity contribution >= 4 is 18.0 Å². The summed E-state index contributed by atoms with van der Waals surface area (Å²) >= 11 is 1.70. The lowest BCUT2D eigenvalue weighted by Gasteiger charge is -2.40. The minimum atomic E-state index is 0.134. The predicted molar refractivity (Wildman–Crippen MR) is 71.3 cm³/mol. The van der Waals surface area contributed by atoms with Crippen molar-refractivity contribution in [1.82, 2.24) is 13.5 Å². The molecule has 0 aliphatic carbocycles. The van der Waals surface area contributed by atoms with Gasteiger partial charge in [0, 0.05) is 52.4 Å². The standard InChI is InChI=1S/C12H20N4OS/c1-14(2)12(17)11-4-3-5-15(9-11)18-16-7-10(6-13)8-16/h10-11H,3-5,7-9H2,1-2H3. The van der Waals surface area contributed by atoms with Gasteiger partial charge in [-0.1, -0.05) is 0 Å². The van der Waals surface area contributed by atoms with Crippen LogP contribution in [0, 0.1) is 23.2 Å². The van der Waals surface area contributed by atoms with Gasteiger partial charge in [-0.2, -0.15) is 5.26 Å². The Morgan fingerprint density at radius 2 is 2.06 bits per heavy atom. The summed E-state index contributed by atoms with van der Waals surface area (Å²) in [5.41, 5.74) is 0. The van der Waals surface area contributed by atoms with Crippen molar-refractivity contribution in [2.24, 2.45) is 11.8 Å². The minimum Gasteiger partial charge on any atom is -0.349 e. The number of nitrogens with zero attached hydrogens (tertiary/aromatic N) is 4. The first kappa shape index (κ1) is 13.7. The van der Waals surface area contributed by atoms with Gasteiger partial charge in [0.05, 0.1) is 17.9 Å². The van der Waals surface area contributed by atoms with E-state index >= 15 is 0 Å². The molecule has 6 heteroatoms. The summed E-state index contributed by atoms with van der Waals surface area (Å²) in [4.78, 5) is 13.6. The Morgan fingerprint density at radius 1 is 1.33 bits per heavy atom. The Kier molecular flexibility index (Phi) is 4.49. The van der Waals surface area contributed by atoms with E-state index in [-0.39, 0.29) is 17.7 Å². The van der Waals surface area contributed by atoms with Crippen LogP contribution in [0.15, 0.2) is 0 Å². The van der Waals surface area contributed by atoms with Crippen molar-refractivity contribution in [3.05, 3.63) is 0 Å². The normalized spacial score (nSPS) is 26.4. The van der Waals surface area contributed by atoms with Crippen LogP contribution in [-0.2, 0) is 4.79 Å². The molecule has 2 heterocycles. The van der Waals surface area contributed by atoms with E-state index in [0.717, 1.165) is 39.0 Å². The van der Waals surface area contributed by atoms with Crippen molar-refractivity contribution in [3.8, 4) is 6.07 Å². The van der Waals surface area contributed by atoms with Gasteiger partial charge in [0.1, 0.15) is 0 Å². The van der Waals surface area contributed by atoms with Gasteiger partial charge in [0.2, 0.25) is 5.91 Å². The molecule has 0 aromatic rings. The van der Waals surface area contributed by atoms with Crippen LogP contribution in [0.3, 0.4) is 0 Å². The predicted octanol–water partition coefficient (Wildman–Crippen LogP) is 0.805. The zero-order chi connectivity index (χ0) is 13.1. The highest BCUT2D eigenvalue weighted by Crippen LogP contribution is 2.30. The van der Waals surface area contributed by atoms with Gasteiger partial charge in [-0.25, -0.2) is 8.61 Å². The fourth-order valence-electron chi connectivity index (χ4n) is 2.33. The molecule has 2 aliphatic rings. The van der Waals surface area contributed by atoms with Crippen molar-refractivity contribution in [3.63, 3.8) is 0 Å². The third-order valence-electron chi connectivity index (χ3n) is 3.44. The Balaban J connectivity index is 1.77. The average molecular weight is 268 g/mol. The Morgan fingerprint density at radius 3 is 2.67 bits per heavy atom. The number of carbonyl (C=O) groups is 1. The topological polar surface area (TPSA) is 50.6 Å². The van der Waals surface area contributed by atoms with Gasteiger partial charge in [-0.3, -0.25) is 4.79 Å². The maximum absolute atomic E-state index is 11.9. The zero-order valence-corrected chi connectivity index (χ0v) is 11.8.